The highest BCUT2D eigenvalue weighted by Crippen LogP contribution is 2.30. The van der Waals surface area contributed by atoms with E-state index in [1.807, 2.05) is 55.5 Å². The van der Waals surface area contributed by atoms with Gasteiger partial charge in [0.25, 0.3) is 0 Å². The van der Waals surface area contributed by atoms with Crippen LogP contribution in [0.4, 0.5) is 10.5 Å². The summed E-state index contributed by atoms with van der Waals surface area (Å²) in [5.41, 5.74) is 3.25. The fourth-order valence-corrected chi connectivity index (χ4v) is 3.80. The number of ether oxygens (including phenoxy) is 2. The summed E-state index contributed by atoms with van der Waals surface area (Å²) in [6.07, 6.45) is 5.21. The third-order valence-corrected chi connectivity index (χ3v) is 5.17. The van der Waals surface area contributed by atoms with Crippen molar-refractivity contribution in [3.63, 3.8) is 0 Å². The average molecular weight is 407 g/mol. The Morgan fingerprint density at radius 1 is 1.23 bits per heavy atom. The Bertz CT molecular complexity index is 972. The van der Waals surface area contributed by atoms with Crippen LogP contribution in [0.15, 0.2) is 54.4 Å². The highest BCUT2D eigenvalue weighted by molar-refractivity contribution is 6.10. The summed E-state index contributed by atoms with van der Waals surface area (Å²) in [5.74, 6) is 0.561. The summed E-state index contributed by atoms with van der Waals surface area (Å²) in [4.78, 5) is 32.9. The number of hydrogen-bond acceptors (Lipinski definition) is 6. The van der Waals surface area contributed by atoms with E-state index < -0.39 is 6.09 Å². The lowest BCUT2D eigenvalue weighted by Crippen LogP contribution is -2.27. The number of Topliss-reactive ketones (excluding diaryl/α,β-unsaturated/α-hetero) is 1. The van der Waals surface area contributed by atoms with Crippen molar-refractivity contribution in [2.24, 2.45) is 0 Å². The number of allylic oxidation sites excluding steroid dienone is 1. The van der Waals surface area contributed by atoms with Gasteiger partial charge in [0.05, 0.1) is 6.54 Å². The summed E-state index contributed by atoms with van der Waals surface area (Å²) in [6.45, 7) is 0.631. The van der Waals surface area contributed by atoms with Gasteiger partial charge in [-0.2, -0.15) is 0 Å². The molecule has 0 radical (unpaired) electrons. The number of aryl methyl sites for hydroxylation is 1. The van der Waals surface area contributed by atoms with E-state index in [9.17, 15) is 9.59 Å². The first-order valence-electron chi connectivity index (χ1n) is 10.1. The molecule has 0 unspecified atom stereocenters. The normalized spacial score (nSPS) is 20.0. The number of amides is 1. The molecule has 0 bridgehead atoms. The van der Waals surface area contributed by atoms with Crippen LogP contribution in [-0.4, -0.2) is 55.1 Å². The molecule has 0 spiro atoms. The second-order valence-electron chi connectivity index (χ2n) is 7.74. The largest absolute Gasteiger partial charge is 0.474 e. The Morgan fingerprint density at radius 3 is 2.87 bits per heavy atom. The lowest BCUT2D eigenvalue weighted by Gasteiger charge is -2.16. The van der Waals surface area contributed by atoms with Gasteiger partial charge in [-0.05, 0) is 49.1 Å². The van der Waals surface area contributed by atoms with Gasteiger partial charge in [-0.15, -0.1) is 0 Å². The predicted octanol–water partition coefficient (Wildman–Crippen LogP) is 3.45. The molecule has 4 rings (SSSR count). The Hall–Kier alpha value is -3.35. The Kier molecular flexibility index (Phi) is 5.70. The molecule has 1 aliphatic heterocycles. The van der Waals surface area contributed by atoms with E-state index in [4.69, 9.17) is 9.47 Å². The number of pyridine rings is 1. The number of hydrogen-bond donors (Lipinski definition) is 0. The Labute approximate surface area is 175 Å². The van der Waals surface area contributed by atoms with Crippen LogP contribution in [0, 0.1) is 0 Å². The summed E-state index contributed by atoms with van der Waals surface area (Å²) >= 11 is 0. The van der Waals surface area contributed by atoms with Crippen molar-refractivity contribution in [2.75, 3.05) is 32.1 Å². The maximum absolute atomic E-state index is 12.9. The molecule has 1 saturated heterocycles. The number of benzene rings is 1. The van der Waals surface area contributed by atoms with Crippen molar-refractivity contribution in [1.29, 1.82) is 0 Å². The van der Waals surface area contributed by atoms with Gasteiger partial charge < -0.3 is 14.4 Å². The number of aromatic nitrogens is 1. The van der Waals surface area contributed by atoms with Crippen LogP contribution in [0.1, 0.15) is 28.8 Å². The number of rotatable bonds is 5. The van der Waals surface area contributed by atoms with Crippen LogP contribution < -0.4 is 9.64 Å². The minimum Gasteiger partial charge on any atom is -0.474 e. The van der Waals surface area contributed by atoms with E-state index in [1.54, 1.807) is 17.2 Å². The Balaban J connectivity index is 1.48. The van der Waals surface area contributed by atoms with Gasteiger partial charge in [0.1, 0.15) is 6.61 Å². The maximum atomic E-state index is 12.9. The number of fused-ring (bicyclic) bond motifs is 1. The van der Waals surface area contributed by atoms with Gasteiger partial charge >= 0.3 is 6.09 Å². The molecule has 7 heteroatoms. The van der Waals surface area contributed by atoms with Crippen LogP contribution >= 0.6 is 0 Å². The highest BCUT2D eigenvalue weighted by Gasteiger charge is 2.33. The van der Waals surface area contributed by atoms with Gasteiger partial charge in [-0.25, -0.2) is 9.78 Å². The van der Waals surface area contributed by atoms with Crippen LogP contribution in [0.5, 0.6) is 5.88 Å². The molecule has 2 aliphatic rings. The SMILES string of the molecule is CN(C)/C=C1\CCCc2cc(N3C[C@H](COc4ccccn4)OC3=O)ccc2C1=O. The fourth-order valence-electron chi connectivity index (χ4n) is 3.80. The van der Waals surface area contributed by atoms with Crippen LogP contribution in [0.3, 0.4) is 0 Å². The predicted molar refractivity (Wildman–Crippen MR) is 113 cm³/mol. The summed E-state index contributed by atoms with van der Waals surface area (Å²) in [6, 6.07) is 11.0. The minimum atomic E-state index is -0.405. The number of carbonyl (C=O) groups is 2. The van der Waals surface area contributed by atoms with E-state index in [0.29, 0.717) is 18.0 Å². The molecule has 1 fully saturated rings. The van der Waals surface area contributed by atoms with Crippen molar-refractivity contribution >= 4 is 17.6 Å². The standard InChI is InChI=1S/C23H25N3O4/c1-25(2)13-17-7-5-6-16-12-18(9-10-20(16)22(17)27)26-14-19(30-23(26)28)15-29-21-8-3-4-11-24-21/h3-4,8-13,19H,5-7,14-15H2,1-2H3/b17-13+/t19-/m1/s1. The molecule has 0 saturated carbocycles. The van der Waals surface area contributed by atoms with Gasteiger partial charge in [0.15, 0.2) is 11.9 Å². The smallest absolute Gasteiger partial charge is 0.414 e. The molecule has 0 N–H and O–H groups in total. The molecule has 1 aromatic carbocycles. The second-order valence-corrected chi connectivity index (χ2v) is 7.74. The van der Waals surface area contributed by atoms with Crippen LogP contribution in [-0.2, 0) is 11.2 Å². The van der Waals surface area contributed by atoms with E-state index in [0.717, 1.165) is 36.1 Å². The molecule has 156 valence electrons. The van der Waals surface area contributed by atoms with Gasteiger partial charge in [-0.3, -0.25) is 9.69 Å². The zero-order valence-corrected chi connectivity index (χ0v) is 17.2. The van der Waals surface area contributed by atoms with Crippen molar-refractivity contribution < 1.29 is 19.1 Å². The lowest BCUT2D eigenvalue weighted by molar-refractivity contribution is 0.102. The van der Waals surface area contributed by atoms with Gasteiger partial charge in [0, 0.05) is 49.4 Å². The first kappa shape index (κ1) is 19.9. The van der Waals surface area contributed by atoms with Crippen LogP contribution in [0.25, 0.3) is 0 Å². The van der Waals surface area contributed by atoms with E-state index in [2.05, 4.69) is 4.98 Å². The third kappa shape index (κ3) is 4.30. The van der Waals surface area contributed by atoms with E-state index >= 15 is 0 Å². The summed E-state index contributed by atoms with van der Waals surface area (Å²) < 4.78 is 11.1. The van der Waals surface area contributed by atoms with E-state index in [-0.39, 0.29) is 18.5 Å². The molecule has 1 aromatic heterocycles. The number of nitrogens with zero attached hydrogens (tertiary/aromatic N) is 3. The average Bonchev–Trinajstić information content (AvgIpc) is 3.04. The first-order valence-corrected chi connectivity index (χ1v) is 10.1. The van der Waals surface area contributed by atoms with E-state index in [1.165, 1.54) is 0 Å². The molecule has 1 aliphatic carbocycles. The molecule has 2 heterocycles. The van der Waals surface area contributed by atoms with Crippen molar-refractivity contribution in [1.82, 2.24) is 9.88 Å². The summed E-state index contributed by atoms with van der Waals surface area (Å²) in [7, 11) is 3.84. The zero-order chi connectivity index (χ0) is 21.1. The molecule has 30 heavy (non-hydrogen) atoms. The van der Waals surface area contributed by atoms with Crippen LogP contribution in [0.2, 0.25) is 0 Å². The fraction of sp³-hybridized carbons (Fsp3) is 0.348. The molecule has 1 amide bonds. The van der Waals surface area contributed by atoms with Gasteiger partial charge in [-0.1, -0.05) is 6.07 Å². The topological polar surface area (TPSA) is 72.0 Å². The lowest BCUT2D eigenvalue weighted by atomic mass is 9.99. The molecular weight excluding hydrogens is 382 g/mol. The number of ketones is 1. The monoisotopic (exact) mass is 407 g/mol. The quantitative estimate of drug-likeness (QED) is 0.558. The maximum Gasteiger partial charge on any atom is 0.414 e. The second kappa shape index (κ2) is 8.57. The van der Waals surface area contributed by atoms with Crippen molar-refractivity contribution in [3.05, 3.63) is 65.5 Å². The third-order valence-electron chi connectivity index (χ3n) is 5.17. The molecule has 2 aromatic rings. The zero-order valence-electron chi connectivity index (χ0n) is 17.2. The molecule has 7 nitrogen and oxygen atoms in total. The number of anilines is 1. The van der Waals surface area contributed by atoms with Crippen molar-refractivity contribution in [3.8, 4) is 5.88 Å². The molecular formula is C23H25N3O4. The minimum absolute atomic E-state index is 0.0633. The van der Waals surface area contributed by atoms with Gasteiger partial charge in [0.2, 0.25) is 5.88 Å². The highest BCUT2D eigenvalue weighted by atomic mass is 16.6. The molecule has 1 atom stereocenters. The number of cyclic esters (lactones) is 1. The Morgan fingerprint density at radius 2 is 2.10 bits per heavy atom. The summed E-state index contributed by atoms with van der Waals surface area (Å²) in [5, 5.41) is 0. The first-order chi connectivity index (χ1) is 14.5. The number of carbonyl (C=O) groups excluding carboxylic acids is 2. The van der Waals surface area contributed by atoms with Crippen molar-refractivity contribution in [2.45, 2.75) is 25.4 Å².